The molecule has 1 saturated heterocycles. The van der Waals surface area contributed by atoms with Crippen LogP contribution >= 0.6 is 11.3 Å². The van der Waals surface area contributed by atoms with E-state index in [-0.39, 0.29) is 23.8 Å². The highest BCUT2D eigenvalue weighted by Crippen LogP contribution is 2.29. The predicted octanol–water partition coefficient (Wildman–Crippen LogP) is 5.19. The van der Waals surface area contributed by atoms with Gasteiger partial charge in [0.25, 0.3) is 0 Å². The lowest BCUT2D eigenvalue weighted by atomic mass is 9.90. The Balaban J connectivity index is 1.74. The number of amides is 2. The second-order valence-electron chi connectivity index (χ2n) is 9.29. The van der Waals surface area contributed by atoms with Gasteiger partial charge in [0.15, 0.2) is 0 Å². The first-order chi connectivity index (χ1) is 14.3. The molecule has 2 atom stereocenters. The van der Waals surface area contributed by atoms with Gasteiger partial charge in [-0.05, 0) is 41.8 Å². The monoisotopic (exact) mass is 426 g/mol. The summed E-state index contributed by atoms with van der Waals surface area (Å²) in [5.41, 5.74) is 2.00. The Hall–Kier alpha value is -2.14. The zero-order valence-electron chi connectivity index (χ0n) is 18.6. The summed E-state index contributed by atoms with van der Waals surface area (Å²) in [6, 6.07) is 12.5. The summed E-state index contributed by atoms with van der Waals surface area (Å²) < 4.78 is 0. The molecule has 2 unspecified atom stereocenters. The van der Waals surface area contributed by atoms with Gasteiger partial charge in [0.2, 0.25) is 11.8 Å². The molecule has 5 heteroatoms. The summed E-state index contributed by atoms with van der Waals surface area (Å²) in [7, 11) is 0. The minimum absolute atomic E-state index is 0.0393. The third-order valence-corrected chi connectivity index (χ3v) is 6.62. The minimum Gasteiger partial charge on any atom is -0.344 e. The van der Waals surface area contributed by atoms with Crippen molar-refractivity contribution in [1.29, 1.82) is 0 Å². The number of likely N-dealkylation sites (tertiary alicyclic amines) is 1. The Morgan fingerprint density at radius 2 is 1.93 bits per heavy atom. The Morgan fingerprint density at radius 1 is 1.20 bits per heavy atom. The molecule has 4 nitrogen and oxygen atoms in total. The molecule has 2 aromatic rings. The number of nitrogens with zero attached hydrogens (tertiary/aromatic N) is 1. The van der Waals surface area contributed by atoms with E-state index in [4.69, 9.17) is 0 Å². The van der Waals surface area contributed by atoms with Crippen molar-refractivity contribution in [3.05, 3.63) is 57.8 Å². The molecule has 2 heterocycles. The Bertz CT molecular complexity index is 837. The highest BCUT2D eigenvalue weighted by atomic mass is 32.1. The van der Waals surface area contributed by atoms with Gasteiger partial charge in [0.05, 0.1) is 12.0 Å². The summed E-state index contributed by atoms with van der Waals surface area (Å²) in [6.45, 7) is 9.25. The zero-order valence-corrected chi connectivity index (χ0v) is 19.4. The van der Waals surface area contributed by atoms with E-state index in [2.05, 4.69) is 42.6 Å². The molecular weight excluding hydrogens is 392 g/mol. The van der Waals surface area contributed by atoms with Gasteiger partial charge in [-0.2, -0.15) is 0 Å². The predicted molar refractivity (Wildman–Crippen MR) is 124 cm³/mol. The van der Waals surface area contributed by atoms with Crippen LogP contribution in [-0.4, -0.2) is 29.8 Å². The molecule has 0 radical (unpaired) electrons. The molecule has 1 aromatic carbocycles. The van der Waals surface area contributed by atoms with Gasteiger partial charge in [-0.1, -0.05) is 64.4 Å². The van der Waals surface area contributed by atoms with Gasteiger partial charge in [-0.25, -0.2) is 0 Å². The van der Waals surface area contributed by atoms with E-state index in [1.165, 1.54) is 5.56 Å². The second-order valence-corrected chi connectivity index (χ2v) is 10.3. The number of aryl methyl sites for hydroxylation is 1. The van der Waals surface area contributed by atoms with Gasteiger partial charge in [0, 0.05) is 23.4 Å². The molecule has 0 bridgehead atoms. The van der Waals surface area contributed by atoms with Crippen LogP contribution in [0.2, 0.25) is 0 Å². The molecule has 1 aliphatic rings. The molecule has 1 fully saturated rings. The number of rotatable bonds is 6. The first kappa shape index (κ1) is 22.5. The number of nitrogens with one attached hydrogen (secondary N) is 1. The quantitative estimate of drug-likeness (QED) is 0.691. The molecule has 30 heavy (non-hydrogen) atoms. The smallest absolute Gasteiger partial charge is 0.227 e. The van der Waals surface area contributed by atoms with Gasteiger partial charge < -0.3 is 10.2 Å². The number of hydrogen-bond donors (Lipinski definition) is 1. The van der Waals surface area contributed by atoms with Crippen LogP contribution in [-0.2, 0) is 16.0 Å². The summed E-state index contributed by atoms with van der Waals surface area (Å²) in [5, 5.41) is 5.33. The maximum absolute atomic E-state index is 13.2. The molecule has 0 spiro atoms. The molecule has 1 N–H and O–H groups in total. The third kappa shape index (κ3) is 5.51. The van der Waals surface area contributed by atoms with Crippen molar-refractivity contribution >= 4 is 23.2 Å². The minimum atomic E-state index is -0.419. The van der Waals surface area contributed by atoms with E-state index < -0.39 is 5.41 Å². The Kier molecular flexibility index (Phi) is 7.35. The van der Waals surface area contributed by atoms with Crippen molar-refractivity contribution in [3.63, 3.8) is 0 Å². The standard InChI is InChI=1S/C25H34N2O2S/c1-5-8-18-11-13-19(14-12-18)22(21-10-7-16-30-21)26-23(28)20-9-6-15-27(17-20)24(29)25(2,3)4/h7,10-14,16,20,22H,5-6,8-9,15,17H2,1-4H3,(H,26,28). The molecule has 1 aliphatic heterocycles. The van der Waals surface area contributed by atoms with Crippen molar-refractivity contribution in [2.24, 2.45) is 11.3 Å². The van der Waals surface area contributed by atoms with Crippen molar-refractivity contribution in [2.45, 2.75) is 59.4 Å². The Morgan fingerprint density at radius 3 is 2.53 bits per heavy atom. The molecule has 1 aromatic heterocycles. The highest BCUT2D eigenvalue weighted by Gasteiger charge is 2.34. The van der Waals surface area contributed by atoms with Crippen molar-refractivity contribution in [1.82, 2.24) is 10.2 Å². The van der Waals surface area contributed by atoms with Crippen molar-refractivity contribution in [2.75, 3.05) is 13.1 Å². The van der Waals surface area contributed by atoms with Gasteiger partial charge in [0.1, 0.15) is 0 Å². The van der Waals surface area contributed by atoms with Crippen LogP contribution in [0.1, 0.15) is 69.0 Å². The normalized spacial score (nSPS) is 18.1. The van der Waals surface area contributed by atoms with Crippen molar-refractivity contribution in [3.8, 4) is 0 Å². The first-order valence-corrected chi connectivity index (χ1v) is 11.9. The average molecular weight is 427 g/mol. The first-order valence-electron chi connectivity index (χ1n) is 11.0. The zero-order chi connectivity index (χ0) is 21.7. The second kappa shape index (κ2) is 9.78. The van der Waals surface area contributed by atoms with Crippen molar-refractivity contribution < 1.29 is 9.59 Å². The van der Waals surface area contributed by atoms with Gasteiger partial charge in [-0.15, -0.1) is 11.3 Å². The fourth-order valence-corrected chi connectivity index (χ4v) is 4.85. The van der Waals surface area contributed by atoms with E-state index in [1.807, 2.05) is 37.1 Å². The lowest BCUT2D eigenvalue weighted by Crippen LogP contribution is -2.49. The third-order valence-electron chi connectivity index (χ3n) is 5.69. The van der Waals surface area contributed by atoms with E-state index >= 15 is 0 Å². The largest absolute Gasteiger partial charge is 0.344 e. The fraction of sp³-hybridized carbons (Fsp3) is 0.520. The maximum Gasteiger partial charge on any atom is 0.227 e. The van der Waals surface area contributed by atoms with Crippen LogP contribution in [0.4, 0.5) is 0 Å². The van der Waals surface area contributed by atoms with Gasteiger partial charge >= 0.3 is 0 Å². The molecule has 0 aliphatic carbocycles. The van der Waals surface area contributed by atoms with E-state index in [0.29, 0.717) is 6.54 Å². The molecular formula is C25H34N2O2S. The van der Waals surface area contributed by atoms with Crippen LogP contribution in [0, 0.1) is 11.3 Å². The van der Waals surface area contributed by atoms with Crippen LogP contribution in [0.25, 0.3) is 0 Å². The maximum atomic E-state index is 13.2. The van der Waals surface area contributed by atoms with Gasteiger partial charge in [-0.3, -0.25) is 9.59 Å². The SMILES string of the molecule is CCCc1ccc(C(NC(=O)C2CCCN(C(=O)C(C)(C)C)C2)c2cccs2)cc1. The van der Waals surface area contributed by atoms with Crippen LogP contribution in [0.3, 0.4) is 0 Å². The lowest BCUT2D eigenvalue weighted by Gasteiger charge is -2.36. The number of carbonyl (C=O) groups excluding carboxylic acids is 2. The average Bonchev–Trinajstić information content (AvgIpc) is 3.26. The molecule has 2 amide bonds. The van der Waals surface area contributed by atoms with Crippen LogP contribution < -0.4 is 5.32 Å². The number of carbonyl (C=O) groups is 2. The van der Waals surface area contributed by atoms with Crippen LogP contribution in [0.15, 0.2) is 41.8 Å². The van der Waals surface area contributed by atoms with E-state index in [1.54, 1.807) is 11.3 Å². The number of thiophene rings is 1. The summed E-state index contributed by atoms with van der Waals surface area (Å²) >= 11 is 1.66. The fourth-order valence-electron chi connectivity index (χ4n) is 4.05. The lowest BCUT2D eigenvalue weighted by molar-refractivity contribution is -0.142. The Labute approximate surface area is 184 Å². The number of hydrogen-bond acceptors (Lipinski definition) is 3. The number of piperidine rings is 1. The highest BCUT2D eigenvalue weighted by molar-refractivity contribution is 7.10. The number of benzene rings is 1. The van der Waals surface area contributed by atoms with E-state index in [9.17, 15) is 9.59 Å². The summed E-state index contributed by atoms with van der Waals surface area (Å²) in [4.78, 5) is 28.9. The summed E-state index contributed by atoms with van der Waals surface area (Å²) in [6.07, 6.45) is 3.88. The molecule has 0 saturated carbocycles. The van der Waals surface area contributed by atoms with E-state index in [0.717, 1.165) is 42.7 Å². The summed E-state index contributed by atoms with van der Waals surface area (Å²) in [5.74, 6) is 0.00522. The molecule has 3 rings (SSSR count). The topological polar surface area (TPSA) is 49.4 Å². The molecule has 162 valence electrons. The van der Waals surface area contributed by atoms with Crippen LogP contribution in [0.5, 0.6) is 0 Å².